The molecule has 2 atom stereocenters. The van der Waals surface area contributed by atoms with Crippen molar-refractivity contribution in [3.05, 3.63) is 34.9 Å². The van der Waals surface area contributed by atoms with Gasteiger partial charge in [0.1, 0.15) is 6.10 Å². The smallest absolute Gasteiger partial charge is 0.335 e. The van der Waals surface area contributed by atoms with E-state index in [9.17, 15) is 24.6 Å². The van der Waals surface area contributed by atoms with Crippen LogP contribution in [0.3, 0.4) is 0 Å². The van der Waals surface area contributed by atoms with Crippen molar-refractivity contribution in [1.29, 1.82) is 0 Å². The second-order valence-corrected chi connectivity index (χ2v) is 4.25. The molecule has 0 aromatic heterocycles. The highest BCUT2D eigenvalue weighted by atomic mass is 16.5. The van der Waals surface area contributed by atoms with E-state index in [-0.39, 0.29) is 16.7 Å². The summed E-state index contributed by atoms with van der Waals surface area (Å²) in [5, 5.41) is 37.4. The molecule has 0 saturated carbocycles. The van der Waals surface area contributed by atoms with Crippen LogP contribution in [0.15, 0.2) is 18.2 Å². The van der Waals surface area contributed by atoms with Crippen molar-refractivity contribution in [2.75, 3.05) is 7.11 Å². The average molecular weight is 298 g/mol. The van der Waals surface area contributed by atoms with Gasteiger partial charge in [-0.2, -0.15) is 0 Å². The van der Waals surface area contributed by atoms with Crippen molar-refractivity contribution in [2.45, 2.75) is 18.6 Å². The lowest BCUT2D eigenvalue weighted by Crippen LogP contribution is -2.23. The highest BCUT2D eigenvalue weighted by Crippen LogP contribution is 2.22. The predicted octanol–water partition coefficient (Wildman–Crippen LogP) is 0.0404. The average Bonchev–Trinajstić information content (AvgIpc) is 2.45. The minimum absolute atomic E-state index is 0.122. The number of carboxylic acids is 2. The summed E-state index contributed by atoms with van der Waals surface area (Å²) in [5.74, 6) is -3.53. The van der Waals surface area contributed by atoms with Gasteiger partial charge in [0, 0.05) is 0 Å². The third-order valence-corrected chi connectivity index (χ3v) is 2.76. The van der Waals surface area contributed by atoms with Gasteiger partial charge >= 0.3 is 17.9 Å². The largest absolute Gasteiger partial charge is 0.478 e. The second kappa shape index (κ2) is 6.82. The number of rotatable bonds is 6. The molecule has 8 heteroatoms. The van der Waals surface area contributed by atoms with Gasteiger partial charge < -0.3 is 25.2 Å². The number of aliphatic hydroxyl groups excluding tert-OH is 2. The van der Waals surface area contributed by atoms with E-state index < -0.39 is 36.5 Å². The molecule has 0 bridgehead atoms. The molecule has 0 aliphatic rings. The highest BCUT2D eigenvalue weighted by molar-refractivity contribution is 5.94. The molecule has 1 aromatic rings. The SMILES string of the molecule is COC(=O)CC(O)C(O)c1cc(C(=O)O)cc(C(=O)O)c1. The third kappa shape index (κ3) is 4.26. The first-order chi connectivity index (χ1) is 9.76. The number of ether oxygens (including phenoxy) is 1. The summed E-state index contributed by atoms with van der Waals surface area (Å²) < 4.78 is 4.33. The van der Waals surface area contributed by atoms with Crippen molar-refractivity contribution in [2.24, 2.45) is 0 Å². The number of aromatic carboxylic acids is 2. The molecule has 1 aromatic carbocycles. The van der Waals surface area contributed by atoms with Gasteiger partial charge in [-0.05, 0) is 23.8 Å². The normalized spacial score (nSPS) is 13.3. The zero-order valence-electron chi connectivity index (χ0n) is 11.0. The first kappa shape index (κ1) is 16.6. The lowest BCUT2D eigenvalue weighted by Gasteiger charge is -2.18. The molecule has 0 fully saturated rings. The number of esters is 1. The van der Waals surface area contributed by atoms with Crippen LogP contribution in [0.2, 0.25) is 0 Å². The Balaban J connectivity index is 3.13. The molecule has 0 aliphatic carbocycles. The molecule has 0 aliphatic heterocycles. The lowest BCUT2D eigenvalue weighted by molar-refractivity contribution is -0.144. The van der Waals surface area contributed by atoms with Gasteiger partial charge in [-0.25, -0.2) is 9.59 Å². The van der Waals surface area contributed by atoms with Crippen molar-refractivity contribution in [3.8, 4) is 0 Å². The third-order valence-electron chi connectivity index (χ3n) is 2.76. The molecule has 21 heavy (non-hydrogen) atoms. The minimum Gasteiger partial charge on any atom is -0.478 e. The monoisotopic (exact) mass is 298 g/mol. The summed E-state index contributed by atoms with van der Waals surface area (Å²) in [7, 11) is 1.11. The van der Waals surface area contributed by atoms with Crippen molar-refractivity contribution in [3.63, 3.8) is 0 Å². The van der Waals surface area contributed by atoms with Crippen LogP contribution in [0, 0.1) is 0 Å². The molecule has 1 rings (SSSR count). The zero-order chi connectivity index (χ0) is 16.2. The van der Waals surface area contributed by atoms with Crippen LogP contribution in [-0.4, -0.2) is 51.5 Å². The Morgan fingerprint density at radius 1 is 1.05 bits per heavy atom. The van der Waals surface area contributed by atoms with E-state index in [1.807, 2.05) is 0 Å². The van der Waals surface area contributed by atoms with Crippen LogP contribution in [0.25, 0.3) is 0 Å². The quantitative estimate of drug-likeness (QED) is 0.539. The number of carboxylic acid groups (broad SMARTS) is 2. The fourth-order valence-corrected chi connectivity index (χ4v) is 1.66. The van der Waals surface area contributed by atoms with Gasteiger partial charge in [-0.15, -0.1) is 0 Å². The maximum atomic E-state index is 11.0. The van der Waals surface area contributed by atoms with Crippen LogP contribution in [-0.2, 0) is 9.53 Å². The molecule has 114 valence electrons. The van der Waals surface area contributed by atoms with Crippen LogP contribution in [0.4, 0.5) is 0 Å². The number of carbonyl (C=O) groups excluding carboxylic acids is 1. The van der Waals surface area contributed by atoms with Crippen molar-refractivity contribution >= 4 is 17.9 Å². The molecule has 8 nitrogen and oxygen atoms in total. The Morgan fingerprint density at radius 2 is 1.52 bits per heavy atom. The van der Waals surface area contributed by atoms with E-state index in [4.69, 9.17) is 10.2 Å². The number of hydrogen-bond donors (Lipinski definition) is 4. The number of aliphatic hydroxyl groups is 2. The van der Waals surface area contributed by atoms with Gasteiger partial charge in [0.2, 0.25) is 0 Å². The number of hydrogen-bond acceptors (Lipinski definition) is 6. The molecule has 0 amide bonds. The van der Waals surface area contributed by atoms with Gasteiger partial charge in [0.05, 0.1) is 30.8 Å². The predicted molar refractivity (Wildman–Crippen MR) is 68.0 cm³/mol. The summed E-state index contributed by atoms with van der Waals surface area (Å²) in [6.07, 6.45) is -3.69. The lowest BCUT2D eigenvalue weighted by atomic mass is 9.97. The molecule has 0 heterocycles. The molecule has 0 saturated heterocycles. The summed E-state index contributed by atoms with van der Waals surface area (Å²) in [6.45, 7) is 0. The van der Waals surface area contributed by atoms with Crippen LogP contribution in [0.5, 0.6) is 0 Å². The topological polar surface area (TPSA) is 141 Å². The first-order valence-corrected chi connectivity index (χ1v) is 5.80. The van der Waals surface area contributed by atoms with E-state index in [1.165, 1.54) is 0 Å². The Labute approximate surface area is 119 Å². The van der Waals surface area contributed by atoms with Gasteiger partial charge in [0.15, 0.2) is 0 Å². The Bertz CT molecular complexity index is 533. The van der Waals surface area contributed by atoms with E-state index >= 15 is 0 Å². The molecular weight excluding hydrogens is 284 g/mol. The molecular formula is C13H14O8. The number of carbonyl (C=O) groups is 3. The molecule has 0 radical (unpaired) electrons. The maximum absolute atomic E-state index is 11.0. The standard InChI is InChI=1S/C13H14O8/c1-21-10(15)5-9(14)11(16)6-2-7(12(17)18)4-8(3-6)13(19)20/h2-4,9,11,14,16H,5H2,1H3,(H,17,18)(H,19,20). The zero-order valence-corrected chi connectivity index (χ0v) is 11.0. The second-order valence-electron chi connectivity index (χ2n) is 4.25. The van der Waals surface area contributed by atoms with Gasteiger partial charge in [0.25, 0.3) is 0 Å². The summed E-state index contributed by atoms with van der Waals surface area (Å²) in [5.41, 5.74) is -0.827. The van der Waals surface area contributed by atoms with Crippen LogP contribution in [0.1, 0.15) is 38.8 Å². The molecule has 2 unspecified atom stereocenters. The number of benzene rings is 1. The minimum atomic E-state index is -1.62. The van der Waals surface area contributed by atoms with E-state index in [1.54, 1.807) is 0 Å². The van der Waals surface area contributed by atoms with E-state index in [0.29, 0.717) is 0 Å². The van der Waals surface area contributed by atoms with Gasteiger partial charge in [-0.1, -0.05) is 0 Å². The first-order valence-electron chi connectivity index (χ1n) is 5.80. The van der Waals surface area contributed by atoms with Crippen LogP contribution < -0.4 is 0 Å². The number of methoxy groups -OCH3 is 1. The fourth-order valence-electron chi connectivity index (χ4n) is 1.66. The van der Waals surface area contributed by atoms with E-state index in [0.717, 1.165) is 25.3 Å². The van der Waals surface area contributed by atoms with Crippen molar-refractivity contribution in [1.82, 2.24) is 0 Å². The summed E-state index contributed by atoms with van der Waals surface area (Å²) in [4.78, 5) is 32.9. The fraction of sp³-hybridized carbons (Fsp3) is 0.308. The van der Waals surface area contributed by atoms with Gasteiger partial charge in [-0.3, -0.25) is 4.79 Å². The van der Waals surface area contributed by atoms with E-state index in [2.05, 4.69) is 4.74 Å². The van der Waals surface area contributed by atoms with Crippen LogP contribution >= 0.6 is 0 Å². The Hall–Kier alpha value is -2.45. The highest BCUT2D eigenvalue weighted by Gasteiger charge is 2.24. The summed E-state index contributed by atoms with van der Waals surface area (Å²) in [6, 6.07) is 2.98. The summed E-state index contributed by atoms with van der Waals surface area (Å²) >= 11 is 0. The van der Waals surface area contributed by atoms with Crippen molar-refractivity contribution < 1.29 is 39.5 Å². The Morgan fingerprint density at radius 3 is 1.90 bits per heavy atom. The molecule has 0 spiro atoms. The Kier molecular flexibility index (Phi) is 5.39. The molecule has 4 N–H and O–H groups in total. The maximum Gasteiger partial charge on any atom is 0.335 e.